The fraction of sp³-hybridized carbons (Fsp3) is 0.294. The second kappa shape index (κ2) is 8.48. The predicted octanol–water partition coefficient (Wildman–Crippen LogP) is 1.04. The highest BCUT2D eigenvalue weighted by Gasteiger charge is 2.35. The van der Waals surface area contributed by atoms with Crippen molar-refractivity contribution in [3.63, 3.8) is 0 Å². The monoisotopic (exact) mass is 362 g/mol. The van der Waals surface area contributed by atoms with Crippen molar-refractivity contribution in [1.82, 2.24) is 5.32 Å². The standard InChI is InChI=1S/C17H18N2O5S/c1-10-9-25-15(19-13(10)16(21)22)14(17(23)24-2)18-12(20)8-11-6-4-3-5-7-11/h3-7,14-15H,1,8-9H2,2H3,(H,18,20)(H,21,22). The maximum absolute atomic E-state index is 12.3. The molecule has 0 aliphatic carbocycles. The summed E-state index contributed by atoms with van der Waals surface area (Å²) in [6.45, 7) is 3.66. The number of ether oxygens (including phenoxy) is 1. The van der Waals surface area contributed by atoms with Crippen LogP contribution in [0.25, 0.3) is 0 Å². The maximum Gasteiger partial charge on any atom is 0.354 e. The highest BCUT2D eigenvalue weighted by atomic mass is 32.2. The first-order chi connectivity index (χ1) is 11.9. The third kappa shape index (κ3) is 4.93. The van der Waals surface area contributed by atoms with Gasteiger partial charge in [0.05, 0.1) is 13.5 Å². The number of aliphatic imine (C=N–C) groups is 1. The summed E-state index contributed by atoms with van der Waals surface area (Å²) >= 11 is 1.23. The number of hydrogen-bond donors (Lipinski definition) is 2. The van der Waals surface area contributed by atoms with E-state index in [1.165, 1.54) is 18.9 Å². The normalized spacial score (nSPS) is 18.0. The molecule has 1 aliphatic rings. The molecule has 0 saturated carbocycles. The molecule has 1 heterocycles. The minimum atomic E-state index is -1.21. The average molecular weight is 362 g/mol. The van der Waals surface area contributed by atoms with Crippen LogP contribution < -0.4 is 5.32 Å². The fourth-order valence-electron chi connectivity index (χ4n) is 2.27. The van der Waals surface area contributed by atoms with Crippen LogP contribution >= 0.6 is 11.8 Å². The van der Waals surface area contributed by atoms with Crippen LogP contribution in [0, 0.1) is 0 Å². The molecule has 0 fully saturated rings. The SMILES string of the molecule is C=C1CSC(C(NC(=O)Cc2ccccc2)C(=O)OC)N=C1C(=O)O. The lowest BCUT2D eigenvalue weighted by Gasteiger charge is -2.26. The number of carboxylic acid groups (broad SMARTS) is 1. The van der Waals surface area contributed by atoms with Gasteiger partial charge in [-0.2, -0.15) is 0 Å². The molecule has 1 aromatic rings. The molecule has 25 heavy (non-hydrogen) atoms. The van der Waals surface area contributed by atoms with Crippen molar-refractivity contribution in [1.29, 1.82) is 0 Å². The summed E-state index contributed by atoms with van der Waals surface area (Å²) in [6.07, 6.45) is 0.0912. The largest absolute Gasteiger partial charge is 0.477 e. The van der Waals surface area contributed by atoms with Gasteiger partial charge in [-0.05, 0) is 11.1 Å². The molecule has 1 aromatic carbocycles. The van der Waals surface area contributed by atoms with Crippen LogP contribution in [-0.4, -0.2) is 52.9 Å². The Morgan fingerprint density at radius 3 is 2.68 bits per heavy atom. The van der Waals surface area contributed by atoms with Gasteiger partial charge in [-0.15, -0.1) is 11.8 Å². The van der Waals surface area contributed by atoms with Gasteiger partial charge in [0.15, 0.2) is 6.04 Å². The van der Waals surface area contributed by atoms with Crippen molar-refractivity contribution < 1.29 is 24.2 Å². The Morgan fingerprint density at radius 1 is 1.40 bits per heavy atom. The molecule has 2 unspecified atom stereocenters. The number of benzene rings is 1. The minimum absolute atomic E-state index is 0.0912. The highest BCUT2D eigenvalue weighted by molar-refractivity contribution is 8.00. The lowest BCUT2D eigenvalue weighted by Crippen LogP contribution is -2.49. The first-order valence-electron chi connectivity index (χ1n) is 7.44. The second-order valence-corrected chi connectivity index (χ2v) is 6.42. The number of carbonyl (C=O) groups excluding carboxylic acids is 2. The van der Waals surface area contributed by atoms with Crippen molar-refractivity contribution in [2.45, 2.75) is 17.8 Å². The number of rotatable bonds is 6. The number of methoxy groups -OCH3 is 1. The summed E-state index contributed by atoms with van der Waals surface area (Å²) < 4.78 is 4.73. The summed E-state index contributed by atoms with van der Waals surface area (Å²) in [5.41, 5.74) is 0.978. The number of thioether (sulfide) groups is 1. The summed E-state index contributed by atoms with van der Waals surface area (Å²) in [5.74, 6) is -1.97. The van der Waals surface area contributed by atoms with Crippen molar-refractivity contribution in [2.24, 2.45) is 4.99 Å². The van der Waals surface area contributed by atoms with Crippen LogP contribution in [0.15, 0.2) is 47.5 Å². The van der Waals surface area contributed by atoms with Gasteiger partial charge in [-0.25, -0.2) is 9.59 Å². The molecular weight excluding hydrogens is 344 g/mol. The summed E-state index contributed by atoms with van der Waals surface area (Å²) in [6, 6.07) is 7.98. The topological polar surface area (TPSA) is 105 Å². The van der Waals surface area contributed by atoms with E-state index in [0.29, 0.717) is 11.3 Å². The Labute approximate surface area is 149 Å². The van der Waals surface area contributed by atoms with Gasteiger partial charge >= 0.3 is 11.9 Å². The van der Waals surface area contributed by atoms with E-state index in [0.717, 1.165) is 5.56 Å². The van der Waals surface area contributed by atoms with Crippen LogP contribution in [-0.2, 0) is 25.5 Å². The molecule has 132 valence electrons. The Bertz CT molecular complexity index is 717. The Hall–Kier alpha value is -2.61. The van der Waals surface area contributed by atoms with Crippen molar-refractivity contribution in [3.8, 4) is 0 Å². The van der Waals surface area contributed by atoms with Gasteiger partial charge in [0.1, 0.15) is 11.1 Å². The molecule has 0 aromatic heterocycles. The van der Waals surface area contributed by atoms with Crippen LogP contribution in [0.2, 0.25) is 0 Å². The quantitative estimate of drug-likeness (QED) is 0.733. The predicted molar refractivity (Wildman–Crippen MR) is 94.5 cm³/mol. The van der Waals surface area contributed by atoms with Crippen molar-refractivity contribution in [2.75, 3.05) is 12.9 Å². The lowest BCUT2D eigenvalue weighted by atomic mass is 10.1. The van der Waals surface area contributed by atoms with E-state index >= 15 is 0 Å². The van der Waals surface area contributed by atoms with E-state index < -0.39 is 23.4 Å². The molecule has 7 nitrogen and oxygen atoms in total. The van der Waals surface area contributed by atoms with E-state index in [1.54, 1.807) is 12.1 Å². The number of aliphatic carboxylic acids is 1. The molecule has 2 atom stereocenters. The number of carbonyl (C=O) groups is 3. The molecule has 0 radical (unpaired) electrons. The zero-order valence-electron chi connectivity index (χ0n) is 13.6. The zero-order chi connectivity index (χ0) is 18.4. The Balaban J connectivity index is 2.16. The van der Waals surface area contributed by atoms with Gasteiger partial charge in [-0.1, -0.05) is 36.9 Å². The molecule has 2 rings (SSSR count). The van der Waals surface area contributed by atoms with E-state index in [1.807, 2.05) is 18.2 Å². The molecule has 1 amide bonds. The number of nitrogens with one attached hydrogen (secondary N) is 1. The lowest BCUT2D eigenvalue weighted by molar-refractivity contribution is -0.145. The Morgan fingerprint density at radius 2 is 2.08 bits per heavy atom. The summed E-state index contributed by atoms with van der Waals surface area (Å²) in [7, 11) is 1.20. The van der Waals surface area contributed by atoms with Crippen molar-refractivity contribution >= 4 is 35.3 Å². The molecule has 8 heteroatoms. The third-order valence-electron chi connectivity index (χ3n) is 3.49. The zero-order valence-corrected chi connectivity index (χ0v) is 14.4. The first-order valence-corrected chi connectivity index (χ1v) is 8.49. The number of esters is 1. The summed E-state index contributed by atoms with van der Waals surface area (Å²) in [4.78, 5) is 39.6. The van der Waals surface area contributed by atoms with Crippen LogP contribution in [0.4, 0.5) is 0 Å². The Kier molecular flexibility index (Phi) is 6.35. The van der Waals surface area contributed by atoms with Crippen LogP contribution in [0.5, 0.6) is 0 Å². The molecule has 0 spiro atoms. The minimum Gasteiger partial charge on any atom is -0.477 e. The van der Waals surface area contributed by atoms with Gasteiger partial charge in [0, 0.05) is 5.75 Å². The molecular formula is C17H18N2O5S. The highest BCUT2D eigenvalue weighted by Crippen LogP contribution is 2.26. The maximum atomic E-state index is 12.3. The number of amides is 1. The van der Waals surface area contributed by atoms with E-state index in [4.69, 9.17) is 4.74 Å². The number of carboxylic acids is 1. The second-order valence-electron chi connectivity index (χ2n) is 5.32. The molecule has 0 bridgehead atoms. The van der Waals surface area contributed by atoms with E-state index in [2.05, 4.69) is 16.9 Å². The number of hydrogen-bond acceptors (Lipinski definition) is 6. The van der Waals surface area contributed by atoms with Gasteiger partial charge < -0.3 is 15.2 Å². The van der Waals surface area contributed by atoms with E-state index in [9.17, 15) is 19.5 Å². The smallest absolute Gasteiger partial charge is 0.354 e. The first kappa shape index (κ1) is 18.7. The van der Waals surface area contributed by atoms with Crippen LogP contribution in [0.1, 0.15) is 5.56 Å². The van der Waals surface area contributed by atoms with Gasteiger partial charge in [0.25, 0.3) is 0 Å². The van der Waals surface area contributed by atoms with Gasteiger partial charge in [0.2, 0.25) is 5.91 Å². The van der Waals surface area contributed by atoms with E-state index in [-0.39, 0.29) is 18.0 Å². The third-order valence-corrected chi connectivity index (χ3v) is 4.72. The fourth-order valence-corrected chi connectivity index (χ4v) is 3.33. The molecule has 0 saturated heterocycles. The van der Waals surface area contributed by atoms with Crippen LogP contribution in [0.3, 0.4) is 0 Å². The molecule has 2 N–H and O–H groups in total. The number of nitrogens with zero attached hydrogens (tertiary/aromatic N) is 1. The molecule has 1 aliphatic heterocycles. The average Bonchev–Trinajstić information content (AvgIpc) is 2.60. The summed E-state index contributed by atoms with van der Waals surface area (Å²) in [5, 5.41) is 11.0. The van der Waals surface area contributed by atoms with Crippen molar-refractivity contribution in [3.05, 3.63) is 48.0 Å². The van der Waals surface area contributed by atoms with Gasteiger partial charge in [-0.3, -0.25) is 9.79 Å².